The zero-order valence-electron chi connectivity index (χ0n) is 11.4. The van der Waals surface area contributed by atoms with Gasteiger partial charge in [0.15, 0.2) is 0 Å². The monoisotopic (exact) mass is 319 g/mol. The Morgan fingerprint density at radius 2 is 1.89 bits per heavy atom. The van der Waals surface area contributed by atoms with E-state index >= 15 is 0 Å². The third-order valence-corrected chi connectivity index (χ3v) is 3.59. The van der Waals surface area contributed by atoms with Crippen LogP contribution in [0.2, 0.25) is 0 Å². The molecule has 0 amide bonds. The van der Waals surface area contributed by atoms with Gasteiger partial charge < -0.3 is 10.1 Å². The maximum atomic E-state index is 5.46. The van der Waals surface area contributed by atoms with E-state index in [0.717, 1.165) is 15.8 Å². The van der Waals surface area contributed by atoms with Crippen molar-refractivity contribution >= 4 is 15.9 Å². The van der Waals surface area contributed by atoms with Gasteiger partial charge in [-0.25, -0.2) is 0 Å². The lowest BCUT2D eigenvalue weighted by atomic mass is 9.97. The number of aryl methyl sites for hydroxylation is 1. The lowest BCUT2D eigenvalue weighted by molar-refractivity contribution is 0.405. The van der Waals surface area contributed by atoms with Gasteiger partial charge in [-0.3, -0.25) is 0 Å². The molecular weight excluding hydrogens is 302 g/mol. The van der Waals surface area contributed by atoms with E-state index in [4.69, 9.17) is 4.74 Å². The van der Waals surface area contributed by atoms with Crippen LogP contribution in [0, 0.1) is 6.92 Å². The molecule has 0 spiro atoms. The smallest absolute Gasteiger partial charge is 0.123 e. The Bertz CT molecular complexity index is 548. The minimum absolute atomic E-state index is 0.118. The number of benzene rings is 2. The number of rotatable bonds is 4. The van der Waals surface area contributed by atoms with Crippen LogP contribution in [0.1, 0.15) is 22.7 Å². The van der Waals surface area contributed by atoms with Crippen LogP contribution in [0.5, 0.6) is 5.75 Å². The summed E-state index contributed by atoms with van der Waals surface area (Å²) in [5.41, 5.74) is 3.60. The number of nitrogens with one attached hydrogen (secondary N) is 1. The van der Waals surface area contributed by atoms with Crippen molar-refractivity contribution in [3.63, 3.8) is 0 Å². The standard InChI is InChI=1S/C16H18BrNO/c1-11-8-12(10-13(17)9-11)16(18-2)14-6-4-5-7-15(14)19-3/h4-10,16,18H,1-3H3. The lowest BCUT2D eigenvalue weighted by Crippen LogP contribution is -2.18. The molecule has 0 aliphatic heterocycles. The van der Waals surface area contributed by atoms with Gasteiger partial charge in [0.05, 0.1) is 13.2 Å². The van der Waals surface area contributed by atoms with Crippen LogP contribution in [-0.4, -0.2) is 14.2 Å². The molecule has 0 aliphatic carbocycles. The highest BCUT2D eigenvalue weighted by molar-refractivity contribution is 9.10. The van der Waals surface area contributed by atoms with Gasteiger partial charge in [0.2, 0.25) is 0 Å². The summed E-state index contributed by atoms with van der Waals surface area (Å²) in [6.45, 7) is 2.10. The van der Waals surface area contributed by atoms with Crippen LogP contribution in [-0.2, 0) is 0 Å². The summed E-state index contributed by atoms with van der Waals surface area (Å²) in [6, 6.07) is 14.7. The highest BCUT2D eigenvalue weighted by atomic mass is 79.9. The average molecular weight is 320 g/mol. The van der Waals surface area contributed by atoms with E-state index < -0.39 is 0 Å². The lowest BCUT2D eigenvalue weighted by Gasteiger charge is -2.20. The predicted octanol–water partition coefficient (Wildman–Crippen LogP) is 4.07. The van der Waals surface area contributed by atoms with Crippen LogP contribution in [0.4, 0.5) is 0 Å². The first kappa shape index (κ1) is 14.1. The minimum atomic E-state index is 0.118. The van der Waals surface area contributed by atoms with Crippen molar-refractivity contribution in [3.8, 4) is 5.75 Å². The molecule has 2 aromatic rings. The van der Waals surface area contributed by atoms with Crippen molar-refractivity contribution in [1.29, 1.82) is 0 Å². The first-order valence-electron chi connectivity index (χ1n) is 6.23. The Kier molecular flexibility index (Phi) is 4.61. The van der Waals surface area contributed by atoms with Crippen LogP contribution in [0.15, 0.2) is 46.9 Å². The van der Waals surface area contributed by atoms with E-state index in [2.05, 4.69) is 52.4 Å². The number of hydrogen-bond donors (Lipinski definition) is 1. The van der Waals surface area contributed by atoms with Crippen LogP contribution >= 0.6 is 15.9 Å². The second kappa shape index (κ2) is 6.22. The van der Waals surface area contributed by atoms with Gasteiger partial charge in [0, 0.05) is 10.0 Å². The summed E-state index contributed by atoms with van der Waals surface area (Å²) in [5, 5.41) is 3.36. The SMILES string of the molecule is CNC(c1cc(C)cc(Br)c1)c1ccccc1OC. The first-order chi connectivity index (χ1) is 9.15. The van der Waals surface area contributed by atoms with Crippen molar-refractivity contribution in [1.82, 2.24) is 5.32 Å². The summed E-state index contributed by atoms with van der Waals surface area (Å²) in [5.74, 6) is 0.902. The molecule has 1 unspecified atom stereocenters. The quantitative estimate of drug-likeness (QED) is 0.917. The molecule has 1 atom stereocenters. The number of ether oxygens (including phenoxy) is 1. The van der Waals surface area contributed by atoms with Gasteiger partial charge in [0.1, 0.15) is 5.75 Å². The fourth-order valence-electron chi connectivity index (χ4n) is 2.34. The second-order valence-electron chi connectivity index (χ2n) is 4.53. The van der Waals surface area contributed by atoms with Crippen molar-refractivity contribution in [3.05, 3.63) is 63.6 Å². The van der Waals surface area contributed by atoms with Crippen molar-refractivity contribution in [2.75, 3.05) is 14.2 Å². The summed E-state index contributed by atoms with van der Waals surface area (Å²) in [4.78, 5) is 0. The Balaban J connectivity index is 2.49. The van der Waals surface area contributed by atoms with Crippen LogP contribution in [0.3, 0.4) is 0 Å². The Morgan fingerprint density at radius 3 is 2.53 bits per heavy atom. The molecule has 2 rings (SSSR count). The zero-order valence-corrected chi connectivity index (χ0v) is 13.0. The number of halogens is 1. The van der Waals surface area contributed by atoms with Gasteiger partial charge in [-0.05, 0) is 43.3 Å². The first-order valence-corrected chi connectivity index (χ1v) is 7.02. The van der Waals surface area contributed by atoms with Gasteiger partial charge >= 0.3 is 0 Å². The second-order valence-corrected chi connectivity index (χ2v) is 5.44. The van der Waals surface area contributed by atoms with Gasteiger partial charge in [0.25, 0.3) is 0 Å². The predicted molar refractivity (Wildman–Crippen MR) is 82.8 cm³/mol. The van der Waals surface area contributed by atoms with E-state index in [1.165, 1.54) is 11.1 Å². The molecule has 0 bridgehead atoms. The highest BCUT2D eigenvalue weighted by Gasteiger charge is 2.16. The third kappa shape index (κ3) is 3.17. The van der Waals surface area contributed by atoms with Gasteiger partial charge in [-0.15, -0.1) is 0 Å². The molecule has 0 fully saturated rings. The van der Waals surface area contributed by atoms with E-state index in [1.54, 1.807) is 7.11 Å². The topological polar surface area (TPSA) is 21.3 Å². The number of methoxy groups -OCH3 is 1. The molecule has 2 nitrogen and oxygen atoms in total. The molecule has 3 heteroatoms. The van der Waals surface area contributed by atoms with E-state index in [-0.39, 0.29) is 6.04 Å². The zero-order chi connectivity index (χ0) is 13.8. The molecule has 0 radical (unpaired) electrons. The summed E-state index contributed by atoms with van der Waals surface area (Å²) < 4.78 is 6.55. The fraction of sp³-hybridized carbons (Fsp3) is 0.250. The fourth-order valence-corrected chi connectivity index (χ4v) is 2.96. The molecule has 0 saturated heterocycles. The Labute approximate surface area is 122 Å². The summed E-state index contributed by atoms with van der Waals surface area (Å²) >= 11 is 3.56. The molecule has 0 aromatic heterocycles. The Morgan fingerprint density at radius 1 is 1.16 bits per heavy atom. The number of para-hydroxylation sites is 1. The molecule has 100 valence electrons. The van der Waals surface area contributed by atoms with Crippen molar-refractivity contribution in [2.24, 2.45) is 0 Å². The van der Waals surface area contributed by atoms with Gasteiger partial charge in [-0.2, -0.15) is 0 Å². The maximum absolute atomic E-state index is 5.46. The summed E-state index contributed by atoms with van der Waals surface area (Å²) in [6.07, 6.45) is 0. The molecule has 0 saturated carbocycles. The maximum Gasteiger partial charge on any atom is 0.123 e. The van der Waals surface area contributed by atoms with E-state index in [1.807, 2.05) is 25.2 Å². The molecular formula is C16H18BrNO. The van der Waals surface area contributed by atoms with Crippen molar-refractivity contribution < 1.29 is 4.74 Å². The number of hydrogen-bond acceptors (Lipinski definition) is 2. The molecule has 2 aromatic carbocycles. The normalized spacial score (nSPS) is 12.2. The van der Waals surface area contributed by atoms with Crippen LogP contribution in [0.25, 0.3) is 0 Å². The minimum Gasteiger partial charge on any atom is -0.496 e. The summed E-state index contributed by atoms with van der Waals surface area (Å²) in [7, 11) is 3.67. The molecule has 0 heterocycles. The third-order valence-electron chi connectivity index (χ3n) is 3.14. The molecule has 19 heavy (non-hydrogen) atoms. The van der Waals surface area contributed by atoms with Gasteiger partial charge in [-0.1, -0.05) is 40.2 Å². The van der Waals surface area contributed by atoms with Crippen LogP contribution < -0.4 is 10.1 Å². The average Bonchev–Trinajstić information content (AvgIpc) is 2.39. The largest absolute Gasteiger partial charge is 0.496 e. The van der Waals surface area contributed by atoms with E-state index in [9.17, 15) is 0 Å². The Hall–Kier alpha value is -1.32. The molecule has 1 N–H and O–H groups in total. The van der Waals surface area contributed by atoms with E-state index in [0.29, 0.717) is 0 Å². The molecule has 0 aliphatic rings. The van der Waals surface area contributed by atoms with Crippen molar-refractivity contribution in [2.45, 2.75) is 13.0 Å². The highest BCUT2D eigenvalue weighted by Crippen LogP contribution is 2.31.